The van der Waals surface area contributed by atoms with E-state index in [1.54, 1.807) is 0 Å². The van der Waals surface area contributed by atoms with Crippen LogP contribution in [0.3, 0.4) is 0 Å². The first-order chi connectivity index (χ1) is 6.27. The summed E-state index contributed by atoms with van der Waals surface area (Å²) in [6.07, 6.45) is 3.93. The number of nitriles is 1. The van der Waals surface area contributed by atoms with Crippen molar-refractivity contribution in [2.24, 2.45) is 0 Å². The monoisotopic (exact) mass is 235 g/mol. The van der Waals surface area contributed by atoms with E-state index in [1.807, 2.05) is 37.3 Å². The minimum absolute atomic E-state index is 0.734. The summed E-state index contributed by atoms with van der Waals surface area (Å²) < 4.78 is 0. The number of alkyl halides is 1. The number of halogens is 1. The van der Waals surface area contributed by atoms with Crippen molar-refractivity contribution in [2.45, 2.75) is 6.92 Å². The topological polar surface area (TPSA) is 23.8 Å². The van der Waals surface area contributed by atoms with Gasteiger partial charge in [0.05, 0.1) is 11.6 Å². The Bertz CT molecular complexity index is 361. The molecule has 1 aromatic rings. The third-order valence-corrected chi connectivity index (χ3v) is 2.09. The fraction of sp³-hybridized carbons (Fsp3) is 0.182. The summed E-state index contributed by atoms with van der Waals surface area (Å²) >= 11 is 3.30. The summed E-state index contributed by atoms with van der Waals surface area (Å²) in [5, 5.41) is 9.66. The van der Waals surface area contributed by atoms with Gasteiger partial charge in [-0.1, -0.05) is 40.2 Å². The van der Waals surface area contributed by atoms with E-state index in [-0.39, 0.29) is 0 Å². The van der Waals surface area contributed by atoms with E-state index in [1.165, 1.54) is 0 Å². The lowest BCUT2D eigenvalue weighted by atomic mass is 10.1. The molecule has 1 aromatic carbocycles. The fourth-order valence-electron chi connectivity index (χ4n) is 1.08. The molecule has 0 aliphatic carbocycles. The van der Waals surface area contributed by atoms with Crippen molar-refractivity contribution in [3.63, 3.8) is 0 Å². The van der Waals surface area contributed by atoms with E-state index in [4.69, 9.17) is 5.26 Å². The van der Waals surface area contributed by atoms with Crippen LogP contribution < -0.4 is 0 Å². The third-order valence-electron chi connectivity index (χ3n) is 1.72. The van der Waals surface area contributed by atoms with Gasteiger partial charge in [-0.05, 0) is 24.1 Å². The predicted molar refractivity (Wildman–Crippen MR) is 58.7 cm³/mol. The highest BCUT2D eigenvalue weighted by atomic mass is 79.9. The molecule has 0 saturated carbocycles. The number of nitrogens with zero attached hydrogens (tertiary/aromatic N) is 1. The molecular formula is C11H10BrN. The summed E-state index contributed by atoms with van der Waals surface area (Å²) in [5.41, 5.74) is 2.83. The molecule has 0 heterocycles. The molecule has 1 nitrogen and oxygen atoms in total. The molecule has 0 spiro atoms. The van der Waals surface area contributed by atoms with Gasteiger partial charge in [0.1, 0.15) is 0 Å². The maximum atomic E-state index is 8.85. The number of hydrogen-bond acceptors (Lipinski definition) is 1. The Labute approximate surface area is 86.8 Å². The Hall–Kier alpha value is -1.07. The van der Waals surface area contributed by atoms with Gasteiger partial charge in [0.2, 0.25) is 0 Å². The lowest BCUT2D eigenvalue weighted by Crippen LogP contribution is -1.83. The second kappa shape index (κ2) is 4.84. The summed E-state index contributed by atoms with van der Waals surface area (Å²) in [6.45, 7) is 1.98. The van der Waals surface area contributed by atoms with Crippen LogP contribution in [0.5, 0.6) is 0 Å². The van der Waals surface area contributed by atoms with Crippen LogP contribution >= 0.6 is 15.9 Å². The van der Waals surface area contributed by atoms with Gasteiger partial charge in [0.15, 0.2) is 0 Å². The second-order valence-corrected chi connectivity index (χ2v) is 3.41. The first-order valence-corrected chi connectivity index (χ1v) is 5.13. The zero-order valence-corrected chi connectivity index (χ0v) is 9.01. The number of hydrogen-bond donors (Lipinski definition) is 0. The normalized spacial score (nSPS) is 10.2. The SMILES string of the molecule is Cc1ccc(C=CCBr)c(C#N)c1. The average molecular weight is 236 g/mol. The van der Waals surface area contributed by atoms with Crippen LogP contribution in [0.1, 0.15) is 16.7 Å². The smallest absolute Gasteiger partial charge is 0.0998 e. The molecule has 0 aliphatic heterocycles. The minimum Gasteiger partial charge on any atom is -0.192 e. The quantitative estimate of drug-likeness (QED) is 0.723. The molecule has 0 aromatic heterocycles. The first kappa shape index (κ1) is 10.0. The van der Waals surface area contributed by atoms with Crippen molar-refractivity contribution in [1.82, 2.24) is 0 Å². The third kappa shape index (κ3) is 2.71. The Morgan fingerprint density at radius 3 is 2.92 bits per heavy atom. The highest BCUT2D eigenvalue weighted by molar-refractivity contribution is 9.09. The first-order valence-electron chi connectivity index (χ1n) is 4.01. The number of aryl methyl sites for hydroxylation is 1. The second-order valence-electron chi connectivity index (χ2n) is 2.76. The molecule has 0 amide bonds. The summed E-state index contributed by atoms with van der Waals surface area (Å²) in [6, 6.07) is 8.05. The Balaban J connectivity index is 3.08. The minimum atomic E-state index is 0.734. The Kier molecular flexibility index (Phi) is 3.72. The molecule has 0 bridgehead atoms. The summed E-state index contributed by atoms with van der Waals surface area (Å²) in [7, 11) is 0. The molecule has 0 atom stereocenters. The zero-order chi connectivity index (χ0) is 9.68. The van der Waals surface area contributed by atoms with Crippen molar-refractivity contribution in [3.05, 3.63) is 41.0 Å². The maximum Gasteiger partial charge on any atom is 0.0998 e. The number of benzene rings is 1. The molecule has 0 unspecified atom stereocenters. The number of rotatable bonds is 2. The van der Waals surface area contributed by atoms with Gasteiger partial charge in [0, 0.05) is 5.33 Å². The van der Waals surface area contributed by atoms with Crippen molar-refractivity contribution in [2.75, 3.05) is 5.33 Å². The molecule has 0 saturated heterocycles. The van der Waals surface area contributed by atoms with Crippen LogP contribution in [0.4, 0.5) is 0 Å². The van der Waals surface area contributed by atoms with Crippen LogP contribution in [-0.4, -0.2) is 5.33 Å². The summed E-state index contributed by atoms with van der Waals surface area (Å²) in [5.74, 6) is 0. The lowest BCUT2D eigenvalue weighted by Gasteiger charge is -1.98. The molecule has 2 heteroatoms. The lowest BCUT2D eigenvalue weighted by molar-refractivity contribution is 1.41. The van der Waals surface area contributed by atoms with E-state index in [0.29, 0.717) is 0 Å². The van der Waals surface area contributed by atoms with Gasteiger partial charge in [0.25, 0.3) is 0 Å². The molecule has 66 valence electrons. The van der Waals surface area contributed by atoms with Crippen LogP contribution in [0.25, 0.3) is 6.08 Å². The van der Waals surface area contributed by atoms with Gasteiger partial charge < -0.3 is 0 Å². The standard InChI is InChI=1S/C11H10BrN/c1-9-4-5-10(3-2-6-12)11(7-9)8-13/h2-5,7H,6H2,1H3. The van der Waals surface area contributed by atoms with E-state index >= 15 is 0 Å². The highest BCUT2D eigenvalue weighted by Gasteiger charge is 1.97. The van der Waals surface area contributed by atoms with Crippen molar-refractivity contribution in [1.29, 1.82) is 5.26 Å². The summed E-state index contributed by atoms with van der Waals surface area (Å²) in [4.78, 5) is 0. The van der Waals surface area contributed by atoms with Gasteiger partial charge >= 0.3 is 0 Å². The largest absolute Gasteiger partial charge is 0.192 e. The van der Waals surface area contributed by atoms with Gasteiger partial charge in [-0.15, -0.1) is 0 Å². The fourth-order valence-corrected chi connectivity index (χ4v) is 1.27. The highest BCUT2D eigenvalue weighted by Crippen LogP contribution is 2.12. The predicted octanol–water partition coefficient (Wildman–Crippen LogP) is 3.27. The maximum absolute atomic E-state index is 8.85. The van der Waals surface area contributed by atoms with Crippen LogP contribution in [0, 0.1) is 18.3 Å². The molecule has 0 aliphatic rings. The van der Waals surface area contributed by atoms with Gasteiger partial charge in [-0.25, -0.2) is 0 Å². The van der Waals surface area contributed by atoms with Crippen molar-refractivity contribution < 1.29 is 0 Å². The molecule has 13 heavy (non-hydrogen) atoms. The Morgan fingerprint density at radius 1 is 1.54 bits per heavy atom. The molecular weight excluding hydrogens is 226 g/mol. The molecule has 0 radical (unpaired) electrons. The zero-order valence-electron chi connectivity index (χ0n) is 7.42. The van der Waals surface area contributed by atoms with E-state index in [9.17, 15) is 0 Å². The van der Waals surface area contributed by atoms with E-state index in [0.717, 1.165) is 22.0 Å². The van der Waals surface area contributed by atoms with Crippen LogP contribution in [0.15, 0.2) is 24.3 Å². The van der Waals surface area contributed by atoms with E-state index < -0.39 is 0 Å². The van der Waals surface area contributed by atoms with Crippen molar-refractivity contribution in [3.8, 4) is 6.07 Å². The van der Waals surface area contributed by atoms with Gasteiger partial charge in [-0.3, -0.25) is 0 Å². The van der Waals surface area contributed by atoms with Crippen molar-refractivity contribution >= 4 is 22.0 Å². The number of allylic oxidation sites excluding steroid dienone is 1. The molecule has 1 rings (SSSR count). The van der Waals surface area contributed by atoms with Crippen LogP contribution in [0.2, 0.25) is 0 Å². The molecule has 0 N–H and O–H groups in total. The van der Waals surface area contributed by atoms with Crippen LogP contribution in [-0.2, 0) is 0 Å². The average Bonchev–Trinajstić information content (AvgIpc) is 2.16. The van der Waals surface area contributed by atoms with E-state index in [2.05, 4.69) is 22.0 Å². The molecule has 0 fully saturated rings. The Morgan fingerprint density at radius 2 is 2.31 bits per heavy atom. The van der Waals surface area contributed by atoms with Gasteiger partial charge in [-0.2, -0.15) is 5.26 Å².